The average molecular weight is 219 g/mol. The molecular formula is C13H21N3. The van der Waals surface area contributed by atoms with E-state index in [0.29, 0.717) is 0 Å². The number of rotatable bonds is 7. The van der Waals surface area contributed by atoms with Crippen LogP contribution in [0.2, 0.25) is 0 Å². The molecule has 0 aromatic carbocycles. The van der Waals surface area contributed by atoms with Crippen LogP contribution in [0.3, 0.4) is 0 Å². The molecule has 2 rings (SSSR count). The van der Waals surface area contributed by atoms with E-state index in [-0.39, 0.29) is 0 Å². The van der Waals surface area contributed by atoms with Crippen molar-refractivity contribution in [2.75, 3.05) is 0 Å². The maximum atomic E-state index is 4.52. The molecule has 1 aromatic heterocycles. The number of nitrogens with one attached hydrogen (secondary N) is 1. The molecule has 1 aromatic rings. The quantitative estimate of drug-likeness (QED) is 0.564. The molecule has 1 heterocycles. The molecular weight excluding hydrogens is 198 g/mol. The molecule has 1 N–H and O–H groups in total. The Hall–Kier alpha value is -1.09. The molecule has 1 aliphatic rings. The standard InChI is InChI=1S/C13H21N3/c1-3-4-5-8-16-10-12(11(2)15-16)9-14-13-6-7-13/h3,10,13-14H,1,4-9H2,2H3. The highest BCUT2D eigenvalue weighted by molar-refractivity contribution is 5.15. The molecule has 0 aliphatic heterocycles. The number of aryl methyl sites for hydroxylation is 2. The Balaban J connectivity index is 1.83. The lowest BCUT2D eigenvalue weighted by atomic mass is 10.2. The molecule has 0 spiro atoms. The molecule has 16 heavy (non-hydrogen) atoms. The number of hydrogen-bond donors (Lipinski definition) is 1. The van der Waals surface area contributed by atoms with Crippen LogP contribution in [0.25, 0.3) is 0 Å². The fourth-order valence-electron chi connectivity index (χ4n) is 1.79. The number of unbranched alkanes of at least 4 members (excludes halogenated alkanes) is 1. The van der Waals surface area contributed by atoms with Gasteiger partial charge in [-0.05, 0) is 32.6 Å². The minimum atomic E-state index is 0.767. The Bertz CT molecular complexity index is 350. The number of aromatic nitrogens is 2. The Morgan fingerprint density at radius 1 is 1.62 bits per heavy atom. The zero-order chi connectivity index (χ0) is 11.4. The van der Waals surface area contributed by atoms with E-state index >= 15 is 0 Å². The Labute approximate surface area is 97.5 Å². The van der Waals surface area contributed by atoms with E-state index in [1.54, 1.807) is 0 Å². The van der Waals surface area contributed by atoms with Crippen molar-refractivity contribution >= 4 is 0 Å². The van der Waals surface area contributed by atoms with Gasteiger partial charge in [-0.3, -0.25) is 4.68 Å². The second kappa shape index (κ2) is 5.30. The minimum absolute atomic E-state index is 0.767. The fraction of sp³-hybridized carbons (Fsp3) is 0.615. The Morgan fingerprint density at radius 3 is 3.12 bits per heavy atom. The van der Waals surface area contributed by atoms with Gasteiger partial charge >= 0.3 is 0 Å². The number of hydrogen-bond acceptors (Lipinski definition) is 2. The van der Waals surface area contributed by atoms with Gasteiger partial charge in [0.1, 0.15) is 0 Å². The highest BCUT2D eigenvalue weighted by atomic mass is 15.3. The molecule has 3 nitrogen and oxygen atoms in total. The molecule has 0 bridgehead atoms. The summed E-state index contributed by atoms with van der Waals surface area (Å²) >= 11 is 0. The van der Waals surface area contributed by atoms with Crippen LogP contribution < -0.4 is 5.32 Å². The lowest BCUT2D eigenvalue weighted by Gasteiger charge is -2.00. The van der Waals surface area contributed by atoms with Crippen molar-refractivity contribution in [3.8, 4) is 0 Å². The van der Waals surface area contributed by atoms with Crippen LogP contribution in [-0.4, -0.2) is 15.8 Å². The van der Waals surface area contributed by atoms with Gasteiger partial charge in [0.2, 0.25) is 0 Å². The summed E-state index contributed by atoms with van der Waals surface area (Å²) in [6.07, 6.45) is 9.01. The first-order valence-corrected chi connectivity index (χ1v) is 6.17. The van der Waals surface area contributed by atoms with Crippen LogP contribution in [0, 0.1) is 6.92 Å². The van der Waals surface area contributed by atoms with Gasteiger partial charge in [0.25, 0.3) is 0 Å². The molecule has 88 valence electrons. The second-order valence-electron chi connectivity index (χ2n) is 4.59. The summed E-state index contributed by atoms with van der Waals surface area (Å²) in [4.78, 5) is 0. The lowest BCUT2D eigenvalue weighted by molar-refractivity contribution is 0.579. The molecule has 1 saturated carbocycles. The molecule has 1 aliphatic carbocycles. The van der Waals surface area contributed by atoms with Crippen molar-refractivity contribution in [3.05, 3.63) is 30.1 Å². The maximum absolute atomic E-state index is 4.52. The van der Waals surface area contributed by atoms with Crippen molar-refractivity contribution in [2.45, 2.75) is 51.7 Å². The van der Waals surface area contributed by atoms with E-state index in [2.05, 4.69) is 34.8 Å². The molecule has 3 heteroatoms. The van der Waals surface area contributed by atoms with Crippen LogP contribution in [0.15, 0.2) is 18.9 Å². The van der Waals surface area contributed by atoms with Gasteiger partial charge in [-0.15, -0.1) is 6.58 Å². The third-order valence-electron chi connectivity index (χ3n) is 3.00. The van der Waals surface area contributed by atoms with Gasteiger partial charge < -0.3 is 5.32 Å². The van der Waals surface area contributed by atoms with Gasteiger partial charge in [0, 0.05) is 30.9 Å². The largest absolute Gasteiger partial charge is 0.310 e. The van der Waals surface area contributed by atoms with E-state index in [1.165, 1.54) is 18.4 Å². The van der Waals surface area contributed by atoms with Crippen molar-refractivity contribution in [1.29, 1.82) is 0 Å². The summed E-state index contributed by atoms with van der Waals surface area (Å²) in [5.41, 5.74) is 2.50. The first kappa shape index (κ1) is 11.4. The number of nitrogens with zero attached hydrogens (tertiary/aromatic N) is 2. The van der Waals surface area contributed by atoms with Crippen LogP contribution in [0.5, 0.6) is 0 Å². The summed E-state index contributed by atoms with van der Waals surface area (Å²) in [5.74, 6) is 0. The monoisotopic (exact) mass is 219 g/mol. The van der Waals surface area contributed by atoms with E-state index in [9.17, 15) is 0 Å². The zero-order valence-corrected chi connectivity index (χ0v) is 10.1. The molecule has 0 atom stereocenters. The highest BCUT2D eigenvalue weighted by Gasteiger charge is 2.20. The van der Waals surface area contributed by atoms with E-state index in [1.807, 2.05) is 6.08 Å². The first-order valence-electron chi connectivity index (χ1n) is 6.17. The number of allylic oxidation sites excluding steroid dienone is 1. The molecule has 0 saturated heterocycles. The third kappa shape index (κ3) is 3.20. The smallest absolute Gasteiger partial charge is 0.0638 e. The van der Waals surface area contributed by atoms with Crippen LogP contribution in [-0.2, 0) is 13.1 Å². The summed E-state index contributed by atoms with van der Waals surface area (Å²) in [6.45, 7) is 7.79. The van der Waals surface area contributed by atoms with Crippen molar-refractivity contribution < 1.29 is 0 Å². The van der Waals surface area contributed by atoms with E-state index in [0.717, 1.165) is 37.7 Å². The third-order valence-corrected chi connectivity index (χ3v) is 3.00. The first-order chi connectivity index (χ1) is 7.79. The van der Waals surface area contributed by atoms with Gasteiger partial charge in [-0.25, -0.2) is 0 Å². The lowest BCUT2D eigenvalue weighted by Crippen LogP contribution is -2.15. The van der Waals surface area contributed by atoms with Gasteiger partial charge in [0.05, 0.1) is 5.69 Å². The molecule has 0 amide bonds. The summed E-state index contributed by atoms with van der Waals surface area (Å²) in [6, 6.07) is 0.767. The predicted octanol–water partition coefficient (Wildman–Crippen LogP) is 2.41. The van der Waals surface area contributed by atoms with Crippen LogP contribution in [0.4, 0.5) is 0 Å². The zero-order valence-electron chi connectivity index (χ0n) is 10.1. The minimum Gasteiger partial charge on any atom is -0.310 e. The molecule has 0 unspecified atom stereocenters. The van der Waals surface area contributed by atoms with Crippen molar-refractivity contribution in [2.24, 2.45) is 0 Å². The van der Waals surface area contributed by atoms with Gasteiger partial charge in [-0.1, -0.05) is 6.08 Å². The van der Waals surface area contributed by atoms with E-state index < -0.39 is 0 Å². The van der Waals surface area contributed by atoms with Gasteiger partial charge in [-0.2, -0.15) is 5.10 Å². The van der Waals surface area contributed by atoms with Crippen LogP contribution >= 0.6 is 0 Å². The second-order valence-corrected chi connectivity index (χ2v) is 4.59. The predicted molar refractivity (Wildman–Crippen MR) is 66.3 cm³/mol. The SMILES string of the molecule is C=CCCCn1cc(CNC2CC2)c(C)n1. The Kier molecular flexibility index (Phi) is 3.78. The Morgan fingerprint density at radius 2 is 2.44 bits per heavy atom. The van der Waals surface area contributed by atoms with E-state index in [4.69, 9.17) is 0 Å². The molecule has 0 radical (unpaired) electrons. The highest BCUT2D eigenvalue weighted by Crippen LogP contribution is 2.19. The average Bonchev–Trinajstić information content (AvgIpc) is 3.02. The summed E-state index contributed by atoms with van der Waals surface area (Å²) < 4.78 is 2.06. The molecule has 1 fully saturated rings. The van der Waals surface area contributed by atoms with Gasteiger partial charge in [0.15, 0.2) is 0 Å². The van der Waals surface area contributed by atoms with Crippen LogP contribution in [0.1, 0.15) is 36.9 Å². The van der Waals surface area contributed by atoms with Crippen molar-refractivity contribution in [3.63, 3.8) is 0 Å². The fourth-order valence-corrected chi connectivity index (χ4v) is 1.79. The normalized spacial score (nSPS) is 15.3. The summed E-state index contributed by atoms with van der Waals surface area (Å²) in [5, 5.41) is 8.05. The maximum Gasteiger partial charge on any atom is 0.0638 e. The van der Waals surface area contributed by atoms with Crippen molar-refractivity contribution in [1.82, 2.24) is 15.1 Å². The topological polar surface area (TPSA) is 29.9 Å². The summed E-state index contributed by atoms with van der Waals surface area (Å²) in [7, 11) is 0.